The number of likely N-dealkylation sites (N-methyl/N-ethyl adjacent to an activating group) is 1. The van der Waals surface area contributed by atoms with E-state index < -0.39 is 18.7 Å². The van der Waals surface area contributed by atoms with Gasteiger partial charge >= 0.3 is 6.18 Å². The molecule has 0 spiro atoms. The fourth-order valence-corrected chi connectivity index (χ4v) is 2.97. The number of anilines is 1. The fraction of sp³-hybridized carbons (Fsp3) is 0.400. The van der Waals surface area contributed by atoms with Crippen LogP contribution >= 0.6 is 0 Å². The molecule has 1 saturated heterocycles. The number of pyridine rings is 1. The number of halogens is 3. The summed E-state index contributed by atoms with van der Waals surface area (Å²) in [6.07, 6.45) is -3.25. The van der Waals surface area contributed by atoms with Gasteiger partial charge in [0, 0.05) is 50.7 Å². The molecule has 1 N–H and O–H groups in total. The summed E-state index contributed by atoms with van der Waals surface area (Å²) < 4.78 is 41.0. The topological polar surface area (TPSA) is 57.7 Å². The van der Waals surface area contributed by atoms with Gasteiger partial charge in [-0.1, -0.05) is 12.1 Å². The average molecular weight is 408 g/mol. The van der Waals surface area contributed by atoms with E-state index >= 15 is 0 Å². The number of carbonyl (C=O) groups excluding carboxylic acids is 1. The highest BCUT2D eigenvalue weighted by molar-refractivity contribution is 6.04. The summed E-state index contributed by atoms with van der Waals surface area (Å²) in [4.78, 5) is 20.8. The number of rotatable bonds is 6. The molecule has 0 saturated carbocycles. The van der Waals surface area contributed by atoms with E-state index in [-0.39, 0.29) is 11.4 Å². The van der Waals surface area contributed by atoms with E-state index in [4.69, 9.17) is 0 Å². The van der Waals surface area contributed by atoms with Gasteiger partial charge in [-0.3, -0.25) is 9.69 Å². The molecule has 2 aromatic rings. The molecule has 29 heavy (non-hydrogen) atoms. The number of amides is 1. The van der Waals surface area contributed by atoms with Crippen LogP contribution in [0.25, 0.3) is 0 Å². The molecule has 3 rings (SSSR count). The van der Waals surface area contributed by atoms with Crippen LogP contribution in [-0.2, 0) is 6.54 Å². The van der Waals surface area contributed by atoms with E-state index in [2.05, 4.69) is 31.9 Å². The van der Waals surface area contributed by atoms with Gasteiger partial charge in [-0.15, -0.1) is 0 Å². The van der Waals surface area contributed by atoms with Crippen LogP contribution in [0.2, 0.25) is 0 Å². The van der Waals surface area contributed by atoms with Crippen LogP contribution in [0.3, 0.4) is 0 Å². The third-order valence-electron chi connectivity index (χ3n) is 4.57. The SMILES string of the molecule is CN1CCN(Cc2cccc(NC(=O)c3ccc(OCC(F)(F)F)nc3)c2)CC1. The lowest BCUT2D eigenvalue weighted by molar-refractivity contribution is -0.154. The Bertz CT molecular complexity index is 819. The minimum absolute atomic E-state index is 0.187. The summed E-state index contributed by atoms with van der Waals surface area (Å²) in [7, 11) is 2.11. The molecule has 1 aromatic carbocycles. The standard InChI is InChI=1S/C20H23F3N4O2/c1-26-7-9-27(10-8-26)13-15-3-2-4-17(11-15)25-19(28)16-5-6-18(24-12-16)29-14-20(21,22)23/h2-6,11-12H,7-10,13-14H2,1H3,(H,25,28). The highest BCUT2D eigenvalue weighted by Crippen LogP contribution is 2.18. The average Bonchev–Trinajstić information content (AvgIpc) is 2.68. The zero-order chi connectivity index (χ0) is 20.9. The third-order valence-corrected chi connectivity index (χ3v) is 4.57. The Morgan fingerprint density at radius 3 is 2.59 bits per heavy atom. The molecular formula is C20H23F3N4O2. The number of benzene rings is 1. The Morgan fingerprint density at radius 2 is 1.93 bits per heavy atom. The maximum Gasteiger partial charge on any atom is 0.422 e. The predicted octanol–water partition coefficient (Wildman–Crippen LogP) is 3.02. The molecule has 0 unspecified atom stereocenters. The van der Waals surface area contributed by atoms with Gasteiger partial charge in [-0.05, 0) is 30.8 Å². The molecule has 1 aromatic heterocycles. The van der Waals surface area contributed by atoms with Crippen molar-refractivity contribution < 1.29 is 22.7 Å². The molecular weight excluding hydrogens is 385 g/mol. The van der Waals surface area contributed by atoms with Crippen LogP contribution in [0.15, 0.2) is 42.6 Å². The fourth-order valence-electron chi connectivity index (χ4n) is 2.97. The Hall–Kier alpha value is -2.65. The van der Waals surface area contributed by atoms with Crippen molar-refractivity contribution in [2.45, 2.75) is 12.7 Å². The zero-order valence-electron chi connectivity index (χ0n) is 16.1. The van der Waals surface area contributed by atoms with Crippen LogP contribution in [0.1, 0.15) is 15.9 Å². The van der Waals surface area contributed by atoms with Gasteiger partial charge in [-0.2, -0.15) is 13.2 Å². The van der Waals surface area contributed by atoms with Crippen LogP contribution in [0.5, 0.6) is 5.88 Å². The minimum atomic E-state index is -4.44. The molecule has 0 aliphatic carbocycles. The van der Waals surface area contributed by atoms with Crippen molar-refractivity contribution in [2.75, 3.05) is 45.2 Å². The van der Waals surface area contributed by atoms with Crippen molar-refractivity contribution in [3.05, 3.63) is 53.7 Å². The molecule has 0 atom stereocenters. The summed E-state index contributed by atoms with van der Waals surface area (Å²) in [6, 6.07) is 10.2. The maximum atomic E-state index is 12.4. The van der Waals surface area contributed by atoms with E-state index in [1.165, 1.54) is 18.3 Å². The van der Waals surface area contributed by atoms with Crippen LogP contribution in [0.4, 0.5) is 18.9 Å². The monoisotopic (exact) mass is 408 g/mol. The Labute approximate surface area is 167 Å². The van der Waals surface area contributed by atoms with E-state index in [1.54, 1.807) is 6.07 Å². The maximum absolute atomic E-state index is 12.4. The number of carbonyl (C=O) groups is 1. The van der Waals surface area contributed by atoms with E-state index in [0.717, 1.165) is 38.3 Å². The number of hydrogen-bond acceptors (Lipinski definition) is 5. The van der Waals surface area contributed by atoms with E-state index in [1.807, 2.05) is 18.2 Å². The number of alkyl halides is 3. The highest BCUT2D eigenvalue weighted by Gasteiger charge is 2.28. The first-order valence-corrected chi connectivity index (χ1v) is 9.25. The number of piperazine rings is 1. The number of hydrogen-bond donors (Lipinski definition) is 1. The summed E-state index contributed by atoms with van der Waals surface area (Å²) in [5, 5.41) is 2.79. The van der Waals surface area contributed by atoms with Crippen molar-refractivity contribution in [1.82, 2.24) is 14.8 Å². The van der Waals surface area contributed by atoms with Crippen molar-refractivity contribution >= 4 is 11.6 Å². The predicted molar refractivity (Wildman–Crippen MR) is 103 cm³/mol. The van der Waals surface area contributed by atoms with Crippen LogP contribution in [-0.4, -0.2) is 66.7 Å². The second kappa shape index (κ2) is 9.23. The lowest BCUT2D eigenvalue weighted by Crippen LogP contribution is -2.43. The molecule has 6 nitrogen and oxygen atoms in total. The first kappa shape index (κ1) is 21.1. The molecule has 1 amide bonds. The lowest BCUT2D eigenvalue weighted by atomic mass is 10.1. The second-order valence-electron chi connectivity index (χ2n) is 7.02. The minimum Gasteiger partial charge on any atom is -0.468 e. The molecule has 1 aliphatic heterocycles. The van der Waals surface area contributed by atoms with E-state index in [9.17, 15) is 18.0 Å². The summed E-state index contributed by atoms with van der Waals surface area (Å²) >= 11 is 0. The Kier molecular flexibility index (Phi) is 6.71. The Balaban J connectivity index is 1.56. The molecule has 0 bridgehead atoms. The van der Waals surface area contributed by atoms with Crippen molar-refractivity contribution in [1.29, 1.82) is 0 Å². The number of ether oxygens (including phenoxy) is 1. The molecule has 9 heteroatoms. The smallest absolute Gasteiger partial charge is 0.422 e. The van der Waals surface area contributed by atoms with Gasteiger partial charge < -0.3 is 15.0 Å². The lowest BCUT2D eigenvalue weighted by Gasteiger charge is -2.32. The van der Waals surface area contributed by atoms with Crippen LogP contribution in [0, 0.1) is 0 Å². The third kappa shape index (κ3) is 6.72. The largest absolute Gasteiger partial charge is 0.468 e. The summed E-state index contributed by atoms with van der Waals surface area (Å²) in [5.74, 6) is -0.579. The van der Waals surface area contributed by atoms with Gasteiger partial charge in [-0.25, -0.2) is 4.98 Å². The van der Waals surface area contributed by atoms with Crippen molar-refractivity contribution in [2.24, 2.45) is 0 Å². The first-order valence-electron chi connectivity index (χ1n) is 9.25. The normalized spacial score (nSPS) is 15.9. The number of nitrogens with zero attached hydrogens (tertiary/aromatic N) is 3. The molecule has 1 fully saturated rings. The van der Waals surface area contributed by atoms with Gasteiger partial charge in [0.15, 0.2) is 6.61 Å². The van der Waals surface area contributed by atoms with Gasteiger partial charge in [0.1, 0.15) is 0 Å². The Morgan fingerprint density at radius 1 is 1.17 bits per heavy atom. The molecule has 156 valence electrons. The van der Waals surface area contributed by atoms with Gasteiger partial charge in [0.05, 0.1) is 5.56 Å². The zero-order valence-corrected chi connectivity index (χ0v) is 16.1. The molecule has 2 heterocycles. The number of aromatic nitrogens is 1. The van der Waals surface area contributed by atoms with Crippen molar-refractivity contribution in [3.8, 4) is 5.88 Å². The van der Waals surface area contributed by atoms with Crippen LogP contribution < -0.4 is 10.1 Å². The van der Waals surface area contributed by atoms with Crippen molar-refractivity contribution in [3.63, 3.8) is 0 Å². The quantitative estimate of drug-likeness (QED) is 0.796. The second-order valence-corrected chi connectivity index (χ2v) is 7.02. The number of nitrogens with one attached hydrogen (secondary N) is 1. The molecule has 1 aliphatic rings. The summed E-state index contributed by atoms with van der Waals surface area (Å²) in [6.45, 7) is 3.46. The molecule has 0 radical (unpaired) electrons. The van der Waals surface area contributed by atoms with E-state index in [0.29, 0.717) is 5.69 Å². The van der Waals surface area contributed by atoms with Gasteiger partial charge in [0.2, 0.25) is 5.88 Å². The van der Waals surface area contributed by atoms with Gasteiger partial charge in [0.25, 0.3) is 5.91 Å². The first-order chi connectivity index (χ1) is 13.8. The highest BCUT2D eigenvalue weighted by atomic mass is 19.4. The summed E-state index contributed by atoms with van der Waals surface area (Å²) in [5.41, 5.74) is 1.98.